The van der Waals surface area contributed by atoms with E-state index in [1.54, 1.807) is 49.2 Å². The molecule has 117 heavy (non-hydrogen) atoms. The Hall–Kier alpha value is -10.9. The molecule has 0 aliphatic heterocycles. The van der Waals surface area contributed by atoms with E-state index in [1.807, 2.05) is 0 Å². The predicted molar refractivity (Wildman–Crippen MR) is 505 cm³/mol. The molecule has 4 aliphatic carbocycles. The van der Waals surface area contributed by atoms with Gasteiger partial charge in [0.25, 0.3) is 0 Å². The van der Waals surface area contributed by atoms with Gasteiger partial charge in [0.15, 0.2) is 0 Å². The molecule has 0 spiro atoms. The van der Waals surface area contributed by atoms with Gasteiger partial charge in [0.2, 0.25) is 0 Å². The molecule has 4 nitrogen and oxygen atoms in total. The Kier molecular flexibility index (Phi) is 21.8. The molecule has 578 valence electrons. The maximum atomic E-state index is 6.10. The van der Waals surface area contributed by atoms with Crippen molar-refractivity contribution < 1.29 is 39.8 Å². The molecular formula is C108H92Cl2O4Si2Zr-4. The molecule has 0 saturated carbocycles. The molecule has 0 aromatic heterocycles. The van der Waals surface area contributed by atoms with Crippen molar-refractivity contribution in [2.75, 3.05) is 28.4 Å². The number of aryl methyl sites for hydroxylation is 4. The number of benzene rings is 12. The third-order valence-electron chi connectivity index (χ3n) is 25.6. The van der Waals surface area contributed by atoms with Crippen LogP contribution in [0.1, 0.15) is 127 Å². The van der Waals surface area contributed by atoms with Crippen molar-refractivity contribution in [3.05, 3.63) is 380 Å². The first-order valence-electron chi connectivity index (χ1n) is 40.9. The number of allylic oxidation sites excluding steroid dienone is 12. The summed E-state index contributed by atoms with van der Waals surface area (Å²) < 4.78 is 24.4. The maximum absolute atomic E-state index is 6.10. The van der Waals surface area contributed by atoms with Crippen LogP contribution in [-0.2, 0) is 20.8 Å². The second-order valence-electron chi connectivity index (χ2n) is 31.5. The van der Waals surface area contributed by atoms with Crippen molar-refractivity contribution in [3.8, 4) is 23.0 Å². The number of methoxy groups -OCH3 is 4. The van der Waals surface area contributed by atoms with Gasteiger partial charge in [-0.05, 0) is 89.0 Å². The Balaban J connectivity index is 0.000000156. The Labute approximate surface area is 708 Å². The monoisotopic (exact) mass is 1670 g/mol. The zero-order valence-electron chi connectivity index (χ0n) is 67.8. The van der Waals surface area contributed by atoms with Crippen LogP contribution in [0.2, 0.25) is 12.1 Å². The molecule has 4 unspecified atom stereocenters. The fraction of sp³-hybridized carbons (Fsp3) is 0.148. The summed E-state index contributed by atoms with van der Waals surface area (Å²) >= 11 is -0.826. The van der Waals surface area contributed by atoms with Gasteiger partial charge < -0.3 is 18.9 Å². The van der Waals surface area contributed by atoms with E-state index in [-0.39, 0.29) is 23.7 Å². The molecule has 4 atom stereocenters. The van der Waals surface area contributed by atoms with Crippen molar-refractivity contribution in [2.45, 2.75) is 77.3 Å². The fourth-order valence-electron chi connectivity index (χ4n) is 21.2. The molecule has 4 aliphatic rings. The zero-order chi connectivity index (χ0) is 80.3. The summed E-state index contributed by atoms with van der Waals surface area (Å²) in [7, 11) is 13.6. The second-order valence-corrected chi connectivity index (χ2v) is 41.4. The number of ether oxygens (including phenoxy) is 4. The van der Waals surface area contributed by atoms with Gasteiger partial charge in [0.05, 0.1) is 28.4 Å². The van der Waals surface area contributed by atoms with E-state index in [0.29, 0.717) is 0 Å². The van der Waals surface area contributed by atoms with Crippen LogP contribution in [0.15, 0.2) is 291 Å². The summed E-state index contributed by atoms with van der Waals surface area (Å²) in [6.07, 6.45) is 37.4. The van der Waals surface area contributed by atoms with Crippen LogP contribution in [0.3, 0.4) is 0 Å². The average molecular weight is 1670 g/mol. The number of fused-ring (bicyclic) bond motifs is 12. The van der Waals surface area contributed by atoms with Crippen LogP contribution in [0.25, 0.3) is 110 Å². The quantitative estimate of drug-likeness (QED) is 0.0618. The molecule has 16 aromatic carbocycles. The Morgan fingerprint density at radius 1 is 0.274 bits per heavy atom. The van der Waals surface area contributed by atoms with Gasteiger partial charge in [0, 0.05) is 60.7 Å². The first-order chi connectivity index (χ1) is 57.5. The molecule has 0 fully saturated rings. The number of halogens is 2. The number of hydrogen-bond donors (Lipinski definition) is 0. The van der Waals surface area contributed by atoms with E-state index in [4.69, 9.17) is 36.0 Å². The van der Waals surface area contributed by atoms with Gasteiger partial charge in [-0.15, -0.1) is 91.6 Å². The van der Waals surface area contributed by atoms with E-state index < -0.39 is 38.4 Å². The Morgan fingerprint density at radius 2 is 0.436 bits per heavy atom. The zero-order valence-corrected chi connectivity index (χ0v) is 74.1. The summed E-state index contributed by atoms with van der Waals surface area (Å²) in [4.78, 5) is 0. The molecule has 0 saturated heterocycles. The first kappa shape index (κ1) is 77.4. The minimum atomic E-state index is -1.75. The van der Waals surface area contributed by atoms with E-state index in [0.717, 1.165) is 78.2 Å². The van der Waals surface area contributed by atoms with E-state index >= 15 is 0 Å². The standard InChI is InChI=1S/2C54H46O2Si.2ClH.Zr/c2*1-6-57(53-33(2)31-47-39(23-11-17-29-45(47)53)49-35-19-7-13-25-41(35)51(55-4)42-26-14-8-20-36(42)49)54-34(3)32-48-40(24-12-18-30-46(48)54)50-37-21-9-15-27-43(37)52(56-5)44-28-16-10-22-38(44)50;;;/h2*7-32,39-40,57H,6H2,1-5H3;2*1H;/q2*-2;;;+2/p-2. The molecular weight excluding hydrogens is 1580 g/mol. The van der Waals surface area contributed by atoms with Gasteiger partial charge >= 0.3 is 37.9 Å². The summed E-state index contributed by atoms with van der Waals surface area (Å²) in [5.41, 5.74) is 22.3. The number of hydrogen-bond acceptors (Lipinski definition) is 4. The molecule has 0 bridgehead atoms. The molecule has 20 rings (SSSR count). The average Bonchev–Trinajstić information content (AvgIpc) is 1.75. The van der Waals surface area contributed by atoms with Gasteiger partial charge in [-0.25, -0.2) is 0 Å². The molecule has 9 heteroatoms. The predicted octanol–water partition coefficient (Wildman–Crippen LogP) is 25.7. The van der Waals surface area contributed by atoms with Crippen molar-refractivity contribution in [1.82, 2.24) is 0 Å². The van der Waals surface area contributed by atoms with Crippen LogP contribution in [0.5, 0.6) is 23.0 Å². The molecule has 0 amide bonds. The summed E-state index contributed by atoms with van der Waals surface area (Å²) in [5, 5.41) is 25.6. The summed E-state index contributed by atoms with van der Waals surface area (Å²) in [6, 6.07) is 82.6. The normalized spacial score (nSPS) is 16.3. The number of rotatable bonds is 14. The Morgan fingerprint density at radius 3 is 0.590 bits per heavy atom. The molecule has 16 aromatic rings. The molecule has 0 heterocycles. The third kappa shape index (κ3) is 13.0. The summed E-state index contributed by atoms with van der Waals surface area (Å²) in [6.45, 7) is 14.3. The van der Waals surface area contributed by atoms with E-state index in [9.17, 15) is 0 Å². The topological polar surface area (TPSA) is 36.9 Å². The van der Waals surface area contributed by atoms with Crippen molar-refractivity contribution >= 4 is 166 Å². The van der Waals surface area contributed by atoms with Crippen LogP contribution < -0.4 is 39.7 Å². The third-order valence-corrected chi connectivity index (χ3v) is 33.1. The summed E-state index contributed by atoms with van der Waals surface area (Å²) in [5.74, 6) is 4.17. The van der Waals surface area contributed by atoms with Crippen LogP contribution in [0, 0.1) is 27.7 Å². The van der Waals surface area contributed by atoms with Gasteiger partial charge in [0.1, 0.15) is 23.0 Å². The molecule has 0 N–H and O–H groups in total. The first-order valence-corrected chi connectivity index (χ1v) is 51.2. The fourth-order valence-corrected chi connectivity index (χ4v) is 28.5. The van der Waals surface area contributed by atoms with Gasteiger partial charge in [-0.2, -0.15) is 68.8 Å². The van der Waals surface area contributed by atoms with Gasteiger partial charge in [-0.1, -0.05) is 296 Å². The van der Waals surface area contributed by atoms with E-state index in [1.165, 1.54) is 132 Å². The SMILES string of the molecule is CC[SiH]([c-]1c(C)cc2c1C=CC=CC2c1c2ccccc2c(OC)c2ccccc12)[c-]1c(C)cc2c1C=CC=CC2c1c2ccccc2c(OC)c2ccccc12.CC[SiH]([c-]1c(C)cc2c1C=CC=CC2c1c2ccccc2c(OC)c2ccccc12)[c-]1c(C)cc2c1C=CC=CC2c1c2ccccc2c(OC)c2ccccc12.[Cl][Zr][Cl]. The van der Waals surface area contributed by atoms with Crippen LogP contribution in [0.4, 0.5) is 0 Å². The van der Waals surface area contributed by atoms with E-state index in [2.05, 4.69) is 357 Å². The molecule has 0 radical (unpaired) electrons. The minimum absolute atomic E-state index is 0.0950. The van der Waals surface area contributed by atoms with Crippen molar-refractivity contribution in [1.29, 1.82) is 0 Å². The van der Waals surface area contributed by atoms with Crippen LogP contribution >= 0.6 is 17.0 Å². The van der Waals surface area contributed by atoms with Crippen molar-refractivity contribution in [2.24, 2.45) is 0 Å². The second kappa shape index (κ2) is 32.9. The van der Waals surface area contributed by atoms with Crippen LogP contribution in [-0.4, -0.2) is 46.0 Å². The Bertz CT molecular complexity index is 5850. The van der Waals surface area contributed by atoms with Crippen molar-refractivity contribution in [3.63, 3.8) is 0 Å². The van der Waals surface area contributed by atoms with Gasteiger partial charge in [-0.3, -0.25) is 0 Å².